The summed E-state index contributed by atoms with van der Waals surface area (Å²) in [5, 5.41) is 8.96. The lowest BCUT2D eigenvalue weighted by molar-refractivity contribution is -0.126. The first-order chi connectivity index (χ1) is 13.0. The van der Waals surface area contributed by atoms with Gasteiger partial charge in [0.2, 0.25) is 11.8 Å². The molecule has 3 rings (SSSR count). The molecule has 8 heteroatoms. The molecule has 0 saturated carbocycles. The smallest absolute Gasteiger partial charge is 0.283 e. The van der Waals surface area contributed by atoms with Gasteiger partial charge in [-0.1, -0.05) is 30.1 Å². The molecule has 0 aliphatic carbocycles. The molecule has 0 aliphatic heterocycles. The standard InChI is InChI=1S/C19H17Cl2N3O3/c1-2-7-24(12-17-22-23-19(27-17)16-4-3-8-26-16)18(25)6-5-13-9-14(20)11-15(21)10-13/h3-6,8-11H,2,7,12H2,1H3. The van der Waals surface area contributed by atoms with Gasteiger partial charge in [-0.25, -0.2) is 0 Å². The zero-order valence-corrected chi connectivity index (χ0v) is 16.1. The Morgan fingerprint density at radius 3 is 2.67 bits per heavy atom. The monoisotopic (exact) mass is 405 g/mol. The van der Waals surface area contributed by atoms with E-state index in [4.69, 9.17) is 32.0 Å². The number of hydrogen-bond donors (Lipinski definition) is 0. The summed E-state index contributed by atoms with van der Waals surface area (Å²) in [6, 6.07) is 8.56. The molecule has 0 saturated heterocycles. The van der Waals surface area contributed by atoms with E-state index >= 15 is 0 Å². The van der Waals surface area contributed by atoms with Crippen molar-refractivity contribution in [3.05, 3.63) is 64.2 Å². The average Bonchev–Trinajstić information content (AvgIpc) is 3.30. The van der Waals surface area contributed by atoms with Crippen LogP contribution in [0, 0.1) is 0 Å². The van der Waals surface area contributed by atoms with Gasteiger partial charge in [0, 0.05) is 22.7 Å². The third-order valence-electron chi connectivity index (χ3n) is 3.63. The van der Waals surface area contributed by atoms with Crippen LogP contribution in [0.4, 0.5) is 0 Å². The number of aromatic nitrogens is 2. The zero-order chi connectivity index (χ0) is 19.2. The molecule has 0 N–H and O–H groups in total. The molecule has 3 aromatic rings. The predicted octanol–water partition coefficient (Wildman–Crippen LogP) is 5.09. The number of rotatable bonds is 7. The van der Waals surface area contributed by atoms with Crippen LogP contribution in [0.3, 0.4) is 0 Å². The number of carbonyl (C=O) groups excluding carboxylic acids is 1. The number of hydrogen-bond acceptors (Lipinski definition) is 5. The lowest BCUT2D eigenvalue weighted by Gasteiger charge is -2.18. The summed E-state index contributed by atoms with van der Waals surface area (Å²) in [5.74, 6) is 0.927. The normalized spacial score (nSPS) is 11.2. The number of amides is 1. The quantitative estimate of drug-likeness (QED) is 0.511. The van der Waals surface area contributed by atoms with Gasteiger partial charge >= 0.3 is 0 Å². The van der Waals surface area contributed by atoms with Crippen LogP contribution in [0.1, 0.15) is 24.8 Å². The van der Waals surface area contributed by atoms with Crippen LogP contribution < -0.4 is 0 Å². The molecule has 140 valence electrons. The molecular weight excluding hydrogens is 389 g/mol. The van der Waals surface area contributed by atoms with Crippen molar-refractivity contribution >= 4 is 35.2 Å². The molecular formula is C19H17Cl2N3O3. The van der Waals surface area contributed by atoms with Crippen LogP contribution in [0.15, 0.2) is 51.5 Å². The molecule has 27 heavy (non-hydrogen) atoms. The van der Waals surface area contributed by atoms with Crippen LogP contribution in [-0.2, 0) is 11.3 Å². The molecule has 0 radical (unpaired) electrons. The summed E-state index contributed by atoms with van der Waals surface area (Å²) in [6.45, 7) is 2.75. The third-order valence-corrected chi connectivity index (χ3v) is 4.07. The van der Waals surface area contributed by atoms with E-state index in [9.17, 15) is 4.79 Å². The minimum Gasteiger partial charge on any atom is -0.459 e. The molecule has 2 aromatic heterocycles. The zero-order valence-electron chi connectivity index (χ0n) is 14.6. The fourth-order valence-electron chi connectivity index (χ4n) is 2.46. The van der Waals surface area contributed by atoms with Crippen molar-refractivity contribution in [1.82, 2.24) is 15.1 Å². The lowest BCUT2D eigenvalue weighted by Crippen LogP contribution is -2.29. The topological polar surface area (TPSA) is 72.4 Å². The SMILES string of the molecule is CCCN(Cc1nnc(-c2ccco2)o1)C(=O)C=Cc1cc(Cl)cc(Cl)c1. The lowest BCUT2D eigenvalue weighted by atomic mass is 10.2. The molecule has 2 heterocycles. The van der Waals surface area contributed by atoms with E-state index in [2.05, 4.69) is 10.2 Å². The minimum absolute atomic E-state index is 0.175. The molecule has 0 spiro atoms. The highest BCUT2D eigenvalue weighted by Crippen LogP contribution is 2.21. The van der Waals surface area contributed by atoms with E-state index in [1.165, 1.54) is 12.3 Å². The van der Waals surface area contributed by atoms with Crippen LogP contribution in [0.5, 0.6) is 0 Å². The fraction of sp³-hybridized carbons (Fsp3) is 0.211. The summed E-state index contributed by atoms with van der Waals surface area (Å²) in [7, 11) is 0. The molecule has 0 atom stereocenters. The molecule has 0 bridgehead atoms. The second-order valence-electron chi connectivity index (χ2n) is 5.77. The van der Waals surface area contributed by atoms with Gasteiger partial charge in [-0.15, -0.1) is 10.2 Å². The summed E-state index contributed by atoms with van der Waals surface area (Å²) in [5.41, 5.74) is 0.746. The number of nitrogens with zero attached hydrogens (tertiary/aromatic N) is 3. The Labute approximate surface area is 166 Å². The van der Waals surface area contributed by atoms with E-state index in [-0.39, 0.29) is 18.3 Å². The second kappa shape index (κ2) is 8.88. The van der Waals surface area contributed by atoms with Gasteiger partial charge in [0.15, 0.2) is 5.76 Å². The van der Waals surface area contributed by atoms with Crippen LogP contribution >= 0.6 is 23.2 Å². The maximum Gasteiger partial charge on any atom is 0.283 e. The molecule has 0 fully saturated rings. The number of carbonyl (C=O) groups is 1. The van der Waals surface area contributed by atoms with E-state index in [1.807, 2.05) is 6.92 Å². The fourth-order valence-corrected chi connectivity index (χ4v) is 3.00. The highest BCUT2D eigenvalue weighted by molar-refractivity contribution is 6.34. The first kappa shape index (κ1) is 19.2. The second-order valence-corrected chi connectivity index (χ2v) is 6.65. The Morgan fingerprint density at radius 2 is 2.00 bits per heavy atom. The largest absolute Gasteiger partial charge is 0.459 e. The Kier molecular flexibility index (Phi) is 6.32. The third kappa shape index (κ3) is 5.21. The van der Waals surface area contributed by atoms with Gasteiger partial charge in [-0.05, 0) is 48.4 Å². The highest BCUT2D eigenvalue weighted by Gasteiger charge is 2.16. The average molecular weight is 406 g/mol. The predicted molar refractivity (Wildman–Crippen MR) is 103 cm³/mol. The van der Waals surface area contributed by atoms with Crippen molar-refractivity contribution in [1.29, 1.82) is 0 Å². The maximum absolute atomic E-state index is 12.6. The first-order valence-electron chi connectivity index (χ1n) is 8.34. The van der Waals surface area contributed by atoms with E-state index in [1.54, 1.807) is 41.3 Å². The summed E-state index contributed by atoms with van der Waals surface area (Å²) in [4.78, 5) is 14.2. The van der Waals surface area contributed by atoms with Gasteiger partial charge in [-0.3, -0.25) is 4.79 Å². The molecule has 0 unspecified atom stereocenters. The van der Waals surface area contributed by atoms with Crippen LogP contribution in [0.2, 0.25) is 10.0 Å². The summed E-state index contributed by atoms with van der Waals surface area (Å²) >= 11 is 12.0. The van der Waals surface area contributed by atoms with E-state index in [0.29, 0.717) is 28.2 Å². The summed E-state index contributed by atoms with van der Waals surface area (Å²) in [6.07, 6.45) is 5.47. The van der Waals surface area contributed by atoms with Gasteiger partial charge in [0.1, 0.15) is 0 Å². The molecule has 0 aliphatic rings. The number of furan rings is 1. The van der Waals surface area contributed by atoms with Crippen molar-refractivity contribution in [3.8, 4) is 11.7 Å². The number of halogens is 2. The minimum atomic E-state index is -0.175. The van der Waals surface area contributed by atoms with E-state index < -0.39 is 0 Å². The molecule has 6 nitrogen and oxygen atoms in total. The Bertz CT molecular complexity index is 915. The Balaban J connectivity index is 1.71. The van der Waals surface area contributed by atoms with Crippen molar-refractivity contribution in [3.63, 3.8) is 0 Å². The van der Waals surface area contributed by atoms with Crippen molar-refractivity contribution in [2.24, 2.45) is 0 Å². The molecule has 1 aromatic carbocycles. The van der Waals surface area contributed by atoms with E-state index in [0.717, 1.165) is 12.0 Å². The van der Waals surface area contributed by atoms with Crippen molar-refractivity contribution < 1.29 is 13.6 Å². The Hall–Kier alpha value is -2.57. The highest BCUT2D eigenvalue weighted by atomic mass is 35.5. The molecule has 1 amide bonds. The summed E-state index contributed by atoms with van der Waals surface area (Å²) < 4.78 is 10.8. The van der Waals surface area contributed by atoms with Crippen molar-refractivity contribution in [2.45, 2.75) is 19.9 Å². The number of benzene rings is 1. The van der Waals surface area contributed by atoms with Gasteiger partial charge in [0.25, 0.3) is 5.89 Å². The van der Waals surface area contributed by atoms with Gasteiger partial charge < -0.3 is 13.7 Å². The van der Waals surface area contributed by atoms with Crippen molar-refractivity contribution in [2.75, 3.05) is 6.54 Å². The van der Waals surface area contributed by atoms with Gasteiger partial charge in [0.05, 0.1) is 12.8 Å². The maximum atomic E-state index is 12.6. The first-order valence-corrected chi connectivity index (χ1v) is 9.10. The van der Waals surface area contributed by atoms with Crippen LogP contribution in [-0.4, -0.2) is 27.5 Å². The van der Waals surface area contributed by atoms with Gasteiger partial charge in [-0.2, -0.15) is 0 Å². The Morgan fingerprint density at radius 1 is 1.22 bits per heavy atom. The van der Waals surface area contributed by atoms with Crippen LogP contribution in [0.25, 0.3) is 17.7 Å².